The normalized spacial score (nSPS) is 30.2. The second-order valence-corrected chi connectivity index (χ2v) is 5.46. The first kappa shape index (κ1) is 14.4. The van der Waals surface area contributed by atoms with Gasteiger partial charge in [-0.25, -0.2) is 0 Å². The minimum Gasteiger partial charge on any atom is -0.481 e. The molecular formula is C12H22O5. The molecule has 0 atom stereocenters. The van der Waals surface area contributed by atoms with E-state index in [4.69, 9.17) is 14.6 Å². The lowest BCUT2D eigenvalue weighted by atomic mass is 9.86. The van der Waals surface area contributed by atoms with Crippen LogP contribution in [0.2, 0.25) is 0 Å². The highest BCUT2D eigenvalue weighted by Crippen LogP contribution is 2.32. The van der Waals surface area contributed by atoms with Gasteiger partial charge in [-0.15, -0.1) is 0 Å². The van der Waals surface area contributed by atoms with Crippen molar-refractivity contribution in [1.82, 2.24) is 0 Å². The lowest BCUT2D eigenvalue weighted by Crippen LogP contribution is -2.45. The van der Waals surface area contributed by atoms with Gasteiger partial charge in [0.05, 0.1) is 25.2 Å². The first-order valence-corrected chi connectivity index (χ1v) is 5.93. The van der Waals surface area contributed by atoms with Crippen molar-refractivity contribution in [2.45, 2.75) is 39.9 Å². The Morgan fingerprint density at radius 3 is 2.29 bits per heavy atom. The first-order chi connectivity index (χ1) is 7.85. The maximum absolute atomic E-state index is 11.0. The van der Waals surface area contributed by atoms with Crippen molar-refractivity contribution in [2.75, 3.05) is 19.8 Å². The predicted octanol–water partition coefficient (Wildman–Crippen LogP) is 1.25. The molecule has 17 heavy (non-hydrogen) atoms. The number of aliphatic hydroxyl groups excluding tert-OH is 1. The van der Waals surface area contributed by atoms with Gasteiger partial charge in [0.25, 0.3) is 0 Å². The van der Waals surface area contributed by atoms with Crippen molar-refractivity contribution < 1.29 is 24.5 Å². The summed E-state index contributed by atoms with van der Waals surface area (Å²) in [6, 6.07) is 0. The maximum atomic E-state index is 11.0. The second kappa shape index (κ2) is 5.33. The fraction of sp³-hybridized carbons (Fsp3) is 0.917. The highest BCUT2D eigenvalue weighted by atomic mass is 16.7. The molecule has 100 valence electrons. The Labute approximate surface area is 102 Å². The fourth-order valence-electron chi connectivity index (χ4n) is 1.66. The number of aliphatic hydroxyl groups is 1. The maximum Gasteiger partial charge on any atom is 0.309 e. The van der Waals surface area contributed by atoms with E-state index in [0.29, 0.717) is 19.6 Å². The monoisotopic (exact) mass is 246 g/mol. The van der Waals surface area contributed by atoms with Crippen molar-refractivity contribution in [1.29, 1.82) is 0 Å². The summed E-state index contributed by atoms with van der Waals surface area (Å²) in [6.07, 6.45) is 0.596. The van der Waals surface area contributed by atoms with Gasteiger partial charge < -0.3 is 19.7 Å². The Bertz CT molecular complexity index is 260. The number of carboxylic acids is 1. The zero-order chi connectivity index (χ0) is 13.1. The van der Waals surface area contributed by atoms with Crippen LogP contribution in [-0.4, -0.2) is 42.3 Å². The van der Waals surface area contributed by atoms with Crippen molar-refractivity contribution in [2.24, 2.45) is 10.8 Å². The molecule has 1 fully saturated rings. The molecule has 0 aromatic rings. The van der Waals surface area contributed by atoms with Gasteiger partial charge in [0.2, 0.25) is 0 Å². The van der Waals surface area contributed by atoms with Crippen molar-refractivity contribution >= 4 is 5.97 Å². The van der Waals surface area contributed by atoms with E-state index >= 15 is 0 Å². The van der Waals surface area contributed by atoms with Crippen LogP contribution in [0.3, 0.4) is 0 Å². The first-order valence-electron chi connectivity index (χ1n) is 5.93. The summed E-state index contributed by atoms with van der Waals surface area (Å²) in [5.74, 6) is -0.862. The number of hydrogen-bond acceptors (Lipinski definition) is 4. The van der Waals surface area contributed by atoms with Crippen molar-refractivity contribution in [3.63, 3.8) is 0 Å². The summed E-state index contributed by atoms with van der Waals surface area (Å²) < 4.78 is 11.0. The lowest BCUT2D eigenvalue weighted by Gasteiger charge is -2.39. The molecular weight excluding hydrogens is 224 g/mol. The van der Waals surface area contributed by atoms with Crippen molar-refractivity contribution in [3.05, 3.63) is 0 Å². The topological polar surface area (TPSA) is 76.0 Å². The summed E-state index contributed by atoms with van der Waals surface area (Å²) in [4.78, 5) is 11.0. The Morgan fingerprint density at radius 2 is 1.94 bits per heavy atom. The number of ether oxygens (including phenoxy) is 2. The molecule has 1 saturated heterocycles. The zero-order valence-corrected chi connectivity index (χ0v) is 10.7. The molecule has 0 aliphatic carbocycles. The average molecular weight is 246 g/mol. The van der Waals surface area contributed by atoms with Crippen LogP contribution >= 0.6 is 0 Å². The van der Waals surface area contributed by atoms with E-state index in [0.717, 1.165) is 6.42 Å². The molecule has 2 N–H and O–H groups in total. The lowest BCUT2D eigenvalue weighted by molar-refractivity contribution is -0.247. The summed E-state index contributed by atoms with van der Waals surface area (Å²) in [6.45, 7) is 6.13. The average Bonchev–Trinajstić information content (AvgIpc) is 2.30. The molecule has 0 amide bonds. The van der Waals surface area contributed by atoms with E-state index in [2.05, 4.69) is 0 Å². The summed E-state index contributed by atoms with van der Waals surface area (Å²) in [5, 5.41) is 18.3. The molecule has 0 unspecified atom stereocenters. The van der Waals surface area contributed by atoms with Crippen LogP contribution in [0.4, 0.5) is 0 Å². The van der Waals surface area contributed by atoms with Gasteiger partial charge in [0, 0.05) is 11.8 Å². The van der Waals surface area contributed by atoms with Crippen LogP contribution in [0.15, 0.2) is 0 Å². The van der Waals surface area contributed by atoms with Gasteiger partial charge in [-0.2, -0.15) is 0 Å². The quantitative estimate of drug-likeness (QED) is 0.763. The Balaban J connectivity index is 2.50. The Hall–Kier alpha value is -0.650. The zero-order valence-electron chi connectivity index (χ0n) is 10.7. The molecule has 1 heterocycles. The number of aliphatic carboxylic acids is 1. The smallest absolute Gasteiger partial charge is 0.309 e. The molecule has 0 radical (unpaired) electrons. The molecule has 0 saturated carbocycles. The van der Waals surface area contributed by atoms with E-state index in [-0.39, 0.29) is 12.0 Å². The Kier molecular flexibility index (Phi) is 4.52. The van der Waals surface area contributed by atoms with Gasteiger partial charge in [0.15, 0.2) is 6.29 Å². The van der Waals surface area contributed by atoms with E-state index in [1.807, 2.05) is 6.92 Å². The minimum atomic E-state index is -0.865. The SMILES string of the molecule is CCC1(CO)COC(CC(C)(C)C(=O)O)OC1. The summed E-state index contributed by atoms with van der Waals surface area (Å²) in [7, 11) is 0. The van der Waals surface area contributed by atoms with E-state index < -0.39 is 17.7 Å². The van der Waals surface area contributed by atoms with Crippen LogP contribution < -0.4 is 0 Å². The van der Waals surface area contributed by atoms with Crippen LogP contribution in [0.25, 0.3) is 0 Å². The second-order valence-electron chi connectivity index (χ2n) is 5.46. The van der Waals surface area contributed by atoms with Gasteiger partial charge in [0.1, 0.15) is 0 Å². The minimum absolute atomic E-state index is 0.0263. The Morgan fingerprint density at radius 1 is 1.41 bits per heavy atom. The highest BCUT2D eigenvalue weighted by molar-refractivity contribution is 5.73. The standard InChI is InChI=1S/C12H22O5/c1-4-12(6-13)7-16-9(17-8-12)5-11(2,3)10(14)15/h9,13H,4-8H2,1-3H3,(H,14,15). The molecule has 0 aromatic carbocycles. The molecule has 5 nitrogen and oxygen atoms in total. The van der Waals surface area contributed by atoms with E-state index in [1.54, 1.807) is 13.8 Å². The predicted molar refractivity (Wildman–Crippen MR) is 61.5 cm³/mol. The highest BCUT2D eigenvalue weighted by Gasteiger charge is 2.38. The number of carboxylic acid groups (broad SMARTS) is 1. The van der Waals surface area contributed by atoms with Gasteiger partial charge in [-0.05, 0) is 20.3 Å². The number of carbonyl (C=O) groups is 1. The molecule has 5 heteroatoms. The largest absolute Gasteiger partial charge is 0.481 e. The van der Waals surface area contributed by atoms with Crippen LogP contribution in [0, 0.1) is 10.8 Å². The van der Waals surface area contributed by atoms with E-state index in [9.17, 15) is 9.90 Å². The molecule has 1 rings (SSSR count). The third kappa shape index (κ3) is 3.40. The van der Waals surface area contributed by atoms with Gasteiger partial charge in [-0.3, -0.25) is 4.79 Å². The van der Waals surface area contributed by atoms with Gasteiger partial charge in [-0.1, -0.05) is 6.92 Å². The molecule has 0 aromatic heterocycles. The summed E-state index contributed by atoms with van der Waals surface area (Å²) >= 11 is 0. The third-order valence-electron chi connectivity index (χ3n) is 3.49. The van der Waals surface area contributed by atoms with Gasteiger partial charge >= 0.3 is 5.97 Å². The molecule has 1 aliphatic rings. The van der Waals surface area contributed by atoms with Crippen LogP contribution in [0.1, 0.15) is 33.6 Å². The van der Waals surface area contributed by atoms with Crippen molar-refractivity contribution in [3.8, 4) is 0 Å². The van der Waals surface area contributed by atoms with E-state index in [1.165, 1.54) is 0 Å². The van der Waals surface area contributed by atoms with Crippen LogP contribution in [-0.2, 0) is 14.3 Å². The number of rotatable bonds is 5. The molecule has 1 aliphatic heterocycles. The fourth-order valence-corrected chi connectivity index (χ4v) is 1.66. The number of hydrogen-bond donors (Lipinski definition) is 2. The summed E-state index contributed by atoms with van der Waals surface area (Å²) in [5.41, 5.74) is -1.19. The van der Waals surface area contributed by atoms with Crippen LogP contribution in [0.5, 0.6) is 0 Å². The molecule has 0 spiro atoms. The molecule has 0 bridgehead atoms. The third-order valence-corrected chi connectivity index (χ3v) is 3.49.